The molecule has 1 aliphatic heterocycles. The third-order valence-electron chi connectivity index (χ3n) is 1.79. The Morgan fingerprint density at radius 1 is 1.38 bits per heavy atom. The van der Waals surface area contributed by atoms with Gasteiger partial charge in [-0.2, -0.15) is 6.42 Å². The quantitative estimate of drug-likeness (QED) is 0.221. The van der Waals surface area contributed by atoms with Crippen LogP contribution in [0.3, 0.4) is 0 Å². The molecule has 0 bridgehead atoms. The second-order valence-corrected chi connectivity index (χ2v) is 2.50. The number of para-hydroxylation sites is 1. The van der Waals surface area contributed by atoms with Gasteiger partial charge in [0.05, 0.1) is 0 Å². The molecule has 4 heteroatoms. The van der Waals surface area contributed by atoms with Crippen LogP contribution < -0.4 is 23.6 Å². The van der Waals surface area contributed by atoms with Gasteiger partial charge in [0.1, 0.15) is 0 Å². The van der Waals surface area contributed by atoms with Crippen LogP contribution in [0.15, 0.2) is 29.4 Å². The maximum absolute atomic E-state index is 8.64. The molecular weight excluding hydrogens is 161 g/mol. The summed E-state index contributed by atoms with van der Waals surface area (Å²) in [6.45, 7) is 0.469. The molecule has 62 valence electrons. The fraction of sp³-hybridized carbons (Fsp3) is 0.111. The standard InChI is InChI=1S/C9H8NO2.Li/c11-10-8-5-6-12-9-4-2-1-3-7(8)9;/h1-5,11H,6H2;/q-1;+1/b10-8+;. The van der Waals surface area contributed by atoms with Crippen molar-refractivity contribution in [2.75, 3.05) is 6.61 Å². The van der Waals surface area contributed by atoms with Crippen molar-refractivity contribution < 1.29 is 28.8 Å². The number of nitrogens with zero attached hydrogens (tertiary/aromatic N) is 1. The Bertz CT molecular complexity index is 325. The van der Waals surface area contributed by atoms with E-state index in [9.17, 15) is 0 Å². The Kier molecular flexibility index (Phi) is 3.30. The molecule has 1 N–H and O–H groups in total. The van der Waals surface area contributed by atoms with Crippen molar-refractivity contribution in [2.24, 2.45) is 5.16 Å². The molecule has 13 heavy (non-hydrogen) atoms. The first kappa shape index (κ1) is 10.0. The van der Waals surface area contributed by atoms with E-state index in [1.165, 1.54) is 0 Å². The number of ether oxygens (including phenoxy) is 1. The Morgan fingerprint density at radius 2 is 2.15 bits per heavy atom. The molecule has 0 aliphatic carbocycles. The van der Waals surface area contributed by atoms with Crippen LogP contribution in [0, 0.1) is 6.42 Å². The van der Waals surface area contributed by atoms with Crippen LogP contribution in [-0.2, 0) is 0 Å². The second-order valence-electron chi connectivity index (χ2n) is 2.50. The van der Waals surface area contributed by atoms with E-state index in [1.54, 1.807) is 6.42 Å². The maximum Gasteiger partial charge on any atom is 1.00 e. The van der Waals surface area contributed by atoms with Crippen LogP contribution in [-0.4, -0.2) is 17.5 Å². The fourth-order valence-electron chi connectivity index (χ4n) is 1.22. The average Bonchev–Trinajstić information content (AvgIpc) is 2.17. The molecule has 1 aromatic rings. The van der Waals surface area contributed by atoms with Gasteiger partial charge in [0, 0.05) is 12.4 Å². The van der Waals surface area contributed by atoms with E-state index in [1.807, 2.05) is 24.3 Å². The van der Waals surface area contributed by atoms with Crippen LogP contribution >= 0.6 is 0 Å². The van der Waals surface area contributed by atoms with Crippen molar-refractivity contribution >= 4 is 5.71 Å². The predicted molar refractivity (Wildman–Crippen MR) is 44.6 cm³/mol. The topological polar surface area (TPSA) is 41.8 Å². The summed E-state index contributed by atoms with van der Waals surface area (Å²) >= 11 is 0. The molecule has 0 amide bonds. The molecule has 0 saturated heterocycles. The fourth-order valence-corrected chi connectivity index (χ4v) is 1.22. The molecule has 1 aliphatic rings. The summed E-state index contributed by atoms with van der Waals surface area (Å²) in [5.41, 5.74) is 1.42. The first-order valence-electron chi connectivity index (χ1n) is 3.69. The summed E-state index contributed by atoms with van der Waals surface area (Å²) in [7, 11) is 0. The second kappa shape index (κ2) is 4.27. The molecule has 1 aromatic carbocycles. The molecule has 0 aromatic heterocycles. The zero-order valence-corrected chi connectivity index (χ0v) is 7.40. The van der Waals surface area contributed by atoms with Gasteiger partial charge in [0.25, 0.3) is 0 Å². The molecule has 0 radical (unpaired) electrons. The van der Waals surface area contributed by atoms with Crippen molar-refractivity contribution in [1.29, 1.82) is 0 Å². The van der Waals surface area contributed by atoms with Gasteiger partial charge in [-0.3, -0.25) is 0 Å². The Labute approximate surface area is 88.6 Å². The minimum atomic E-state index is 0. The summed E-state index contributed by atoms with van der Waals surface area (Å²) in [4.78, 5) is 0. The van der Waals surface area contributed by atoms with Gasteiger partial charge < -0.3 is 9.94 Å². The summed E-state index contributed by atoms with van der Waals surface area (Å²) in [5, 5.41) is 11.8. The zero-order chi connectivity index (χ0) is 8.39. The molecule has 0 atom stereocenters. The van der Waals surface area contributed by atoms with Gasteiger partial charge in [-0.05, 0) is 11.8 Å². The van der Waals surface area contributed by atoms with Crippen LogP contribution in [0.25, 0.3) is 0 Å². The van der Waals surface area contributed by atoms with Crippen molar-refractivity contribution in [3.05, 3.63) is 36.2 Å². The number of oxime groups is 1. The molecule has 0 unspecified atom stereocenters. The van der Waals surface area contributed by atoms with Crippen LogP contribution in [0.4, 0.5) is 0 Å². The molecule has 3 nitrogen and oxygen atoms in total. The van der Waals surface area contributed by atoms with Crippen molar-refractivity contribution in [2.45, 2.75) is 0 Å². The van der Waals surface area contributed by atoms with Crippen LogP contribution in [0.2, 0.25) is 0 Å². The summed E-state index contributed by atoms with van der Waals surface area (Å²) in [5.74, 6) is 0.771. The smallest absolute Gasteiger partial charge is 0.525 e. The molecule has 0 saturated carbocycles. The molecule has 0 fully saturated rings. The minimum Gasteiger partial charge on any atom is -0.525 e. The van der Waals surface area contributed by atoms with E-state index < -0.39 is 0 Å². The van der Waals surface area contributed by atoms with Gasteiger partial charge in [0.15, 0.2) is 0 Å². The SMILES string of the molecule is O/N=C1\[CH-]COc2ccccc21.[Li+]. The summed E-state index contributed by atoms with van der Waals surface area (Å²) in [6.07, 6.45) is 1.74. The van der Waals surface area contributed by atoms with Crippen molar-refractivity contribution in [3.63, 3.8) is 0 Å². The zero-order valence-electron chi connectivity index (χ0n) is 7.40. The molecule has 2 rings (SSSR count). The Morgan fingerprint density at radius 3 is 2.92 bits per heavy atom. The third kappa shape index (κ3) is 1.82. The molecular formula is C9H8LiNO2. The van der Waals surface area contributed by atoms with E-state index in [0.29, 0.717) is 12.3 Å². The monoisotopic (exact) mass is 169 g/mol. The van der Waals surface area contributed by atoms with Crippen molar-refractivity contribution in [1.82, 2.24) is 0 Å². The molecule has 1 heterocycles. The van der Waals surface area contributed by atoms with E-state index in [4.69, 9.17) is 9.94 Å². The van der Waals surface area contributed by atoms with E-state index >= 15 is 0 Å². The average molecular weight is 169 g/mol. The van der Waals surface area contributed by atoms with Crippen molar-refractivity contribution in [3.8, 4) is 5.75 Å². The number of hydrogen-bond acceptors (Lipinski definition) is 3. The minimum absolute atomic E-state index is 0. The normalized spacial score (nSPS) is 16.5. The number of rotatable bonds is 0. The van der Waals surface area contributed by atoms with Gasteiger partial charge in [-0.1, -0.05) is 12.1 Å². The predicted octanol–water partition coefficient (Wildman–Crippen LogP) is -1.53. The van der Waals surface area contributed by atoms with Gasteiger partial charge >= 0.3 is 18.9 Å². The number of benzene rings is 1. The van der Waals surface area contributed by atoms with Gasteiger partial charge in [0.2, 0.25) is 0 Å². The number of hydrogen-bond donors (Lipinski definition) is 1. The van der Waals surface area contributed by atoms with Crippen LogP contribution in [0.1, 0.15) is 5.56 Å². The van der Waals surface area contributed by atoms with E-state index in [0.717, 1.165) is 11.3 Å². The van der Waals surface area contributed by atoms with E-state index in [-0.39, 0.29) is 18.9 Å². The third-order valence-corrected chi connectivity index (χ3v) is 1.79. The first-order chi connectivity index (χ1) is 5.92. The maximum atomic E-state index is 8.64. The first-order valence-corrected chi connectivity index (χ1v) is 3.69. The summed E-state index contributed by atoms with van der Waals surface area (Å²) in [6, 6.07) is 7.49. The molecule has 0 spiro atoms. The Hall–Kier alpha value is -1.04. The van der Waals surface area contributed by atoms with E-state index in [2.05, 4.69) is 5.16 Å². The Balaban J connectivity index is 0.000000845. The number of fused-ring (bicyclic) bond motifs is 1. The van der Waals surface area contributed by atoms with Crippen LogP contribution in [0.5, 0.6) is 5.75 Å². The van der Waals surface area contributed by atoms with Gasteiger partial charge in [-0.15, -0.1) is 16.8 Å². The largest absolute Gasteiger partial charge is 1.00 e. The van der Waals surface area contributed by atoms with Gasteiger partial charge in [-0.25, -0.2) is 0 Å². The summed E-state index contributed by atoms with van der Waals surface area (Å²) < 4.78 is 5.31.